The summed E-state index contributed by atoms with van der Waals surface area (Å²) in [7, 11) is 0.750. The zero-order chi connectivity index (χ0) is 29.3. The largest absolute Gasteiger partial charge is 3.00 e. The standard InChI is InChI=1S/C40H31.C2H7Si.2ClH.Zr/c1-2-3-12-29-25-38-35(39(29)34-20-10-19-33-30-16-7-4-15-28(30)24-37(33)34)21-11-22-36(38)40-31-17-8-5-13-26(31)23-27-14-6-9-18-32(27)40;1-3-2;;;/h4-11,13-19,21-23,25,39H,2-3,12,24H2,1H3;3H,1-2H3;2*1H;/q-1;;;;+3/p-2. The molecule has 1 unspecified atom stereocenters. The van der Waals surface area contributed by atoms with E-state index in [9.17, 15) is 0 Å². The molecule has 0 nitrogen and oxygen atoms in total. The Bertz CT molecular complexity index is 1960. The van der Waals surface area contributed by atoms with E-state index in [-0.39, 0.29) is 56.9 Å². The van der Waals surface area contributed by atoms with Crippen LogP contribution in [0.15, 0.2) is 115 Å². The maximum Gasteiger partial charge on any atom is 3.00 e. The van der Waals surface area contributed by atoms with E-state index in [4.69, 9.17) is 0 Å². The molecule has 0 amide bonds. The van der Waals surface area contributed by atoms with E-state index in [1.54, 1.807) is 0 Å². The molecule has 6 aromatic rings. The van der Waals surface area contributed by atoms with Crippen LogP contribution in [0.3, 0.4) is 0 Å². The predicted molar refractivity (Wildman–Crippen MR) is 189 cm³/mol. The second-order valence-corrected chi connectivity index (χ2v) is 13.1. The predicted octanol–water partition coefficient (Wildman–Crippen LogP) is 5.28. The van der Waals surface area contributed by atoms with Gasteiger partial charge in [-0.15, -0.1) is 16.7 Å². The molecule has 0 fully saturated rings. The third kappa shape index (κ3) is 6.40. The first-order valence-corrected chi connectivity index (χ1v) is 18.1. The van der Waals surface area contributed by atoms with E-state index < -0.39 is 0 Å². The van der Waals surface area contributed by atoms with Crippen LogP contribution >= 0.6 is 0 Å². The Hall–Kier alpha value is -2.74. The van der Waals surface area contributed by atoms with Crippen molar-refractivity contribution in [2.75, 3.05) is 0 Å². The fraction of sp³-hybridized carbons (Fsp3) is 0.190. The van der Waals surface area contributed by atoms with Crippen LogP contribution in [0.1, 0.15) is 59.9 Å². The Labute approximate surface area is 308 Å². The van der Waals surface area contributed by atoms with Crippen LogP contribution < -0.4 is 24.8 Å². The zero-order valence-electron chi connectivity index (χ0n) is 26.7. The maximum absolute atomic E-state index is 3.77. The molecule has 0 bridgehead atoms. The molecule has 2 aliphatic carbocycles. The molecule has 0 saturated carbocycles. The van der Waals surface area contributed by atoms with Gasteiger partial charge in [0.25, 0.3) is 0 Å². The Morgan fingerprint density at radius 1 is 0.739 bits per heavy atom. The van der Waals surface area contributed by atoms with Crippen molar-refractivity contribution < 1.29 is 51.0 Å². The molecule has 0 spiro atoms. The molecule has 2 radical (unpaired) electrons. The average molecular weight is 733 g/mol. The topological polar surface area (TPSA) is 0 Å². The smallest absolute Gasteiger partial charge is 1.00 e. The van der Waals surface area contributed by atoms with Crippen molar-refractivity contribution >= 4 is 37.1 Å². The number of hydrogen-bond acceptors (Lipinski definition) is 0. The maximum atomic E-state index is 3.77. The number of fused-ring (bicyclic) bond motifs is 6. The summed E-state index contributed by atoms with van der Waals surface area (Å²) in [6, 6.07) is 44.2. The van der Waals surface area contributed by atoms with E-state index in [2.05, 4.69) is 141 Å². The second-order valence-electron chi connectivity index (χ2n) is 12.0. The van der Waals surface area contributed by atoms with Crippen LogP contribution in [0.2, 0.25) is 13.1 Å². The van der Waals surface area contributed by atoms with Crippen LogP contribution in [0.5, 0.6) is 0 Å². The van der Waals surface area contributed by atoms with Gasteiger partial charge in [-0.2, -0.15) is 18.2 Å². The van der Waals surface area contributed by atoms with Gasteiger partial charge in [-0.3, -0.25) is 0 Å². The molecule has 2 aliphatic rings. The van der Waals surface area contributed by atoms with Gasteiger partial charge in [0.05, 0.1) is 0 Å². The SMILES string of the molecule is CCCCC1=Cc2c(-c3c4ccccc4cc4ccccc34)cccc2C1c1[c-]ccc2c1Cc1ccccc1-2.C[SiH]C.[Cl-].[Cl-].[Zr+3]. The van der Waals surface area contributed by atoms with E-state index >= 15 is 0 Å². The van der Waals surface area contributed by atoms with Crippen LogP contribution in [-0.2, 0) is 32.6 Å². The van der Waals surface area contributed by atoms with Crippen molar-refractivity contribution in [3.63, 3.8) is 0 Å². The van der Waals surface area contributed by atoms with Crippen molar-refractivity contribution in [1.29, 1.82) is 0 Å². The van der Waals surface area contributed by atoms with Gasteiger partial charge in [0, 0.05) is 15.4 Å². The third-order valence-corrected chi connectivity index (χ3v) is 9.11. The fourth-order valence-electron chi connectivity index (χ4n) is 7.30. The van der Waals surface area contributed by atoms with Gasteiger partial charge in [0.1, 0.15) is 0 Å². The zero-order valence-corrected chi connectivity index (χ0v) is 31.8. The summed E-state index contributed by atoms with van der Waals surface area (Å²) in [6.07, 6.45) is 7.06. The Kier molecular flexibility index (Phi) is 12.5. The Morgan fingerprint density at radius 2 is 1.37 bits per heavy atom. The van der Waals surface area contributed by atoms with Gasteiger partial charge in [0.15, 0.2) is 0 Å². The molecule has 0 aromatic heterocycles. The first-order valence-electron chi connectivity index (χ1n) is 15.8. The second kappa shape index (κ2) is 15.9. The molecular formula is C42H38Cl2SiZr. The third-order valence-electron chi connectivity index (χ3n) is 9.11. The van der Waals surface area contributed by atoms with Gasteiger partial charge < -0.3 is 24.8 Å². The van der Waals surface area contributed by atoms with Gasteiger partial charge in [-0.05, 0) is 80.3 Å². The molecule has 8 rings (SSSR count). The minimum Gasteiger partial charge on any atom is -1.00 e. The minimum absolute atomic E-state index is 0. The summed E-state index contributed by atoms with van der Waals surface area (Å²) in [5.41, 5.74) is 14.1. The van der Waals surface area contributed by atoms with Gasteiger partial charge in [-0.1, -0.05) is 129 Å². The molecule has 0 N–H and O–H groups in total. The number of allylic oxidation sites excluding steroid dienone is 1. The molecule has 4 heteroatoms. The summed E-state index contributed by atoms with van der Waals surface area (Å²) in [5.74, 6) is 0.256. The number of hydrogen-bond donors (Lipinski definition) is 0. The number of benzene rings is 6. The summed E-state index contributed by atoms with van der Waals surface area (Å²) < 4.78 is 0. The normalized spacial score (nSPS) is 13.6. The number of halogens is 2. The minimum atomic E-state index is 0. The van der Waals surface area contributed by atoms with E-state index in [0.29, 0.717) is 0 Å². The summed E-state index contributed by atoms with van der Waals surface area (Å²) in [6.45, 7) is 6.72. The molecule has 46 heavy (non-hydrogen) atoms. The van der Waals surface area contributed by atoms with Crippen molar-refractivity contribution in [3.8, 4) is 22.3 Å². The van der Waals surface area contributed by atoms with Crippen LogP contribution in [-0.4, -0.2) is 9.52 Å². The first kappa shape index (κ1) is 36.1. The molecular weight excluding hydrogens is 695 g/mol. The Morgan fingerprint density at radius 3 is 2.07 bits per heavy atom. The number of unbranched alkanes of at least 4 members (excludes halogenated alkanes) is 1. The van der Waals surface area contributed by atoms with Crippen LogP contribution in [0.25, 0.3) is 49.9 Å². The summed E-state index contributed by atoms with van der Waals surface area (Å²) in [4.78, 5) is 0. The van der Waals surface area contributed by atoms with Gasteiger partial charge in [-0.25, -0.2) is 0 Å². The van der Waals surface area contributed by atoms with Crippen LogP contribution in [0.4, 0.5) is 0 Å². The van der Waals surface area contributed by atoms with Crippen molar-refractivity contribution in [2.24, 2.45) is 0 Å². The molecule has 228 valence electrons. The molecule has 0 saturated heterocycles. The van der Waals surface area contributed by atoms with E-state index in [0.717, 1.165) is 22.4 Å². The van der Waals surface area contributed by atoms with Crippen molar-refractivity contribution in [2.45, 2.75) is 51.6 Å². The van der Waals surface area contributed by atoms with Crippen molar-refractivity contribution in [3.05, 3.63) is 149 Å². The quantitative estimate of drug-likeness (QED) is 0.129. The molecule has 0 heterocycles. The Balaban J connectivity index is 0.000000772. The molecule has 1 atom stereocenters. The van der Waals surface area contributed by atoms with E-state index in [1.165, 1.54) is 90.0 Å². The molecule has 6 aromatic carbocycles. The van der Waals surface area contributed by atoms with E-state index in [1.807, 2.05) is 0 Å². The summed E-state index contributed by atoms with van der Waals surface area (Å²) in [5, 5.41) is 5.24. The monoisotopic (exact) mass is 730 g/mol. The first-order chi connectivity index (χ1) is 21.2. The fourth-order valence-corrected chi connectivity index (χ4v) is 7.30. The molecule has 0 aliphatic heterocycles. The number of rotatable bonds is 5. The van der Waals surface area contributed by atoms with Gasteiger partial charge >= 0.3 is 26.2 Å². The summed E-state index contributed by atoms with van der Waals surface area (Å²) >= 11 is 0. The average Bonchev–Trinajstić information content (AvgIpc) is 3.61. The van der Waals surface area contributed by atoms with Gasteiger partial charge in [0.2, 0.25) is 0 Å². The van der Waals surface area contributed by atoms with Crippen LogP contribution in [0, 0.1) is 6.07 Å². The van der Waals surface area contributed by atoms with Crippen molar-refractivity contribution in [1.82, 2.24) is 0 Å².